The van der Waals surface area contributed by atoms with Gasteiger partial charge in [0.2, 0.25) is 5.91 Å². The van der Waals surface area contributed by atoms with Crippen LogP contribution in [0.4, 0.5) is 5.69 Å². The van der Waals surface area contributed by atoms with Crippen molar-refractivity contribution in [3.63, 3.8) is 0 Å². The lowest BCUT2D eigenvalue weighted by molar-refractivity contribution is -0.131. The zero-order valence-electron chi connectivity index (χ0n) is 11.3. The molecule has 0 heterocycles. The van der Waals surface area contributed by atoms with Crippen LogP contribution in [0.5, 0.6) is 0 Å². The van der Waals surface area contributed by atoms with Gasteiger partial charge >= 0.3 is 5.97 Å². The molecule has 0 unspecified atom stereocenters. The quantitative estimate of drug-likeness (QED) is 0.788. The maximum atomic E-state index is 11.2. The van der Waals surface area contributed by atoms with Crippen molar-refractivity contribution in [2.75, 3.05) is 11.4 Å². The molecule has 0 aliphatic carbocycles. The lowest BCUT2D eigenvalue weighted by Gasteiger charge is -2.30. The lowest BCUT2D eigenvalue weighted by Crippen LogP contribution is -2.39. The van der Waals surface area contributed by atoms with Crippen molar-refractivity contribution in [3.8, 4) is 0 Å². The van der Waals surface area contributed by atoms with E-state index in [0.717, 1.165) is 6.08 Å². The highest BCUT2D eigenvalue weighted by molar-refractivity contribution is 6.33. The molecule has 0 radical (unpaired) electrons. The van der Waals surface area contributed by atoms with Crippen molar-refractivity contribution in [1.29, 1.82) is 0 Å². The van der Waals surface area contributed by atoms with E-state index >= 15 is 0 Å². The molecule has 0 saturated carbocycles. The molecule has 1 rings (SSSR count). The van der Waals surface area contributed by atoms with Crippen molar-refractivity contribution in [3.05, 3.63) is 34.9 Å². The van der Waals surface area contributed by atoms with Crippen LogP contribution < -0.4 is 10.6 Å². The van der Waals surface area contributed by atoms with Gasteiger partial charge in [0.15, 0.2) is 0 Å². The number of rotatable bonds is 6. The molecule has 0 aliphatic rings. The molecule has 108 valence electrons. The third kappa shape index (κ3) is 4.28. The molecular formula is C14H17ClN2O3. The SMILES string of the molecule is CC(C)N(CC(N)=O)c1c(Cl)cccc1/C=C/C(=O)O. The highest BCUT2D eigenvalue weighted by atomic mass is 35.5. The van der Waals surface area contributed by atoms with E-state index in [4.69, 9.17) is 22.4 Å². The van der Waals surface area contributed by atoms with E-state index in [-0.39, 0.29) is 12.6 Å². The molecule has 0 saturated heterocycles. The van der Waals surface area contributed by atoms with E-state index in [9.17, 15) is 9.59 Å². The van der Waals surface area contributed by atoms with Crippen LogP contribution in [-0.4, -0.2) is 29.6 Å². The Labute approximate surface area is 122 Å². The average molecular weight is 297 g/mol. The highest BCUT2D eigenvalue weighted by Gasteiger charge is 2.18. The summed E-state index contributed by atoms with van der Waals surface area (Å²) in [5, 5.41) is 9.16. The predicted octanol–water partition coefficient (Wildman–Crippen LogP) is 2.14. The maximum absolute atomic E-state index is 11.2. The first-order valence-electron chi connectivity index (χ1n) is 6.07. The molecule has 1 aromatic rings. The molecule has 0 spiro atoms. The molecule has 3 N–H and O–H groups in total. The van der Waals surface area contributed by atoms with Crippen LogP contribution in [0.2, 0.25) is 5.02 Å². The number of carbonyl (C=O) groups excluding carboxylic acids is 1. The molecule has 1 aromatic carbocycles. The normalized spacial score (nSPS) is 11.0. The fraction of sp³-hybridized carbons (Fsp3) is 0.286. The first-order chi connectivity index (χ1) is 9.32. The van der Waals surface area contributed by atoms with Crippen LogP contribution in [0.25, 0.3) is 6.08 Å². The van der Waals surface area contributed by atoms with Gasteiger partial charge in [0.05, 0.1) is 17.3 Å². The smallest absolute Gasteiger partial charge is 0.328 e. The van der Waals surface area contributed by atoms with Gasteiger partial charge in [-0.05, 0) is 31.6 Å². The second-order valence-corrected chi connectivity index (χ2v) is 4.94. The monoisotopic (exact) mass is 296 g/mol. The average Bonchev–Trinajstić information content (AvgIpc) is 2.33. The number of carboxylic acids is 1. The Morgan fingerprint density at radius 3 is 2.60 bits per heavy atom. The number of nitrogens with two attached hydrogens (primary N) is 1. The van der Waals surface area contributed by atoms with Gasteiger partial charge in [0, 0.05) is 12.1 Å². The number of nitrogens with zero attached hydrogens (tertiary/aromatic N) is 1. The second kappa shape index (κ2) is 6.96. The largest absolute Gasteiger partial charge is 0.478 e. The molecular weight excluding hydrogens is 280 g/mol. The lowest BCUT2D eigenvalue weighted by atomic mass is 10.1. The summed E-state index contributed by atoms with van der Waals surface area (Å²) in [5.41, 5.74) is 6.47. The minimum atomic E-state index is -1.05. The van der Waals surface area contributed by atoms with Crippen LogP contribution in [0.1, 0.15) is 19.4 Å². The Kier molecular flexibility index (Phi) is 5.58. The van der Waals surface area contributed by atoms with Gasteiger partial charge in [0.1, 0.15) is 0 Å². The number of hydrogen-bond donors (Lipinski definition) is 2. The Bertz CT molecular complexity index is 541. The number of hydrogen-bond acceptors (Lipinski definition) is 3. The summed E-state index contributed by atoms with van der Waals surface area (Å²) in [6.07, 6.45) is 2.47. The zero-order valence-corrected chi connectivity index (χ0v) is 12.1. The number of aliphatic carboxylic acids is 1. The van der Waals surface area contributed by atoms with Gasteiger partial charge in [-0.25, -0.2) is 4.79 Å². The summed E-state index contributed by atoms with van der Waals surface area (Å²) in [6.45, 7) is 3.81. The number of halogens is 1. The number of amides is 1. The molecule has 0 aliphatic heterocycles. The van der Waals surface area contributed by atoms with E-state index in [1.54, 1.807) is 23.1 Å². The predicted molar refractivity (Wildman–Crippen MR) is 79.8 cm³/mol. The molecule has 0 aromatic heterocycles. The first-order valence-corrected chi connectivity index (χ1v) is 6.45. The fourth-order valence-corrected chi connectivity index (χ4v) is 2.11. The number of benzene rings is 1. The molecule has 0 bridgehead atoms. The van der Waals surface area contributed by atoms with Crippen LogP contribution in [0.15, 0.2) is 24.3 Å². The van der Waals surface area contributed by atoms with Gasteiger partial charge in [-0.3, -0.25) is 4.79 Å². The van der Waals surface area contributed by atoms with Crippen LogP contribution in [0.3, 0.4) is 0 Å². The van der Waals surface area contributed by atoms with E-state index in [2.05, 4.69) is 0 Å². The fourth-order valence-electron chi connectivity index (χ4n) is 1.82. The summed E-state index contributed by atoms with van der Waals surface area (Å²) in [7, 11) is 0. The number of para-hydroxylation sites is 1. The highest BCUT2D eigenvalue weighted by Crippen LogP contribution is 2.32. The van der Waals surface area contributed by atoms with Gasteiger partial charge in [-0.15, -0.1) is 0 Å². The van der Waals surface area contributed by atoms with Crippen molar-refractivity contribution in [1.82, 2.24) is 0 Å². The third-order valence-corrected chi connectivity index (χ3v) is 2.97. The van der Waals surface area contributed by atoms with E-state index < -0.39 is 11.9 Å². The van der Waals surface area contributed by atoms with Crippen molar-refractivity contribution < 1.29 is 14.7 Å². The van der Waals surface area contributed by atoms with E-state index in [0.29, 0.717) is 16.3 Å². The standard InChI is InChI=1S/C14H17ClN2O3/c1-9(2)17(8-12(16)18)14-10(6-7-13(19)20)4-3-5-11(14)15/h3-7,9H,8H2,1-2H3,(H2,16,18)(H,19,20)/b7-6+. The number of primary amides is 1. The number of carbonyl (C=O) groups is 2. The van der Waals surface area contributed by atoms with Gasteiger partial charge in [-0.2, -0.15) is 0 Å². The van der Waals surface area contributed by atoms with Crippen molar-refractivity contribution >= 4 is 35.2 Å². The van der Waals surface area contributed by atoms with Gasteiger partial charge < -0.3 is 15.7 Å². The summed E-state index contributed by atoms with van der Waals surface area (Å²) < 4.78 is 0. The van der Waals surface area contributed by atoms with Crippen LogP contribution >= 0.6 is 11.6 Å². The Hall–Kier alpha value is -2.01. The first kappa shape index (κ1) is 16.0. The van der Waals surface area contributed by atoms with Crippen molar-refractivity contribution in [2.24, 2.45) is 5.73 Å². The molecule has 20 heavy (non-hydrogen) atoms. The second-order valence-electron chi connectivity index (χ2n) is 4.54. The molecule has 0 fully saturated rings. The Morgan fingerprint density at radius 1 is 1.45 bits per heavy atom. The molecule has 1 amide bonds. The van der Waals surface area contributed by atoms with Gasteiger partial charge in [-0.1, -0.05) is 23.7 Å². The Balaban J connectivity index is 3.31. The molecule has 5 nitrogen and oxygen atoms in total. The molecule has 0 atom stereocenters. The third-order valence-electron chi connectivity index (χ3n) is 2.66. The van der Waals surface area contributed by atoms with Crippen molar-refractivity contribution in [2.45, 2.75) is 19.9 Å². The summed E-state index contributed by atoms with van der Waals surface area (Å²) in [4.78, 5) is 23.6. The van der Waals surface area contributed by atoms with E-state index in [1.165, 1.54) is 6.08 Å². The maximum Gasteiger partial charge on any atom is 0.328 e. The summed E-state index contributed by atoms with van der Waals surface area (Å²) >= 11 is 6.19. The minimum Gasteiger partial charge on any atom is -0.478 e. The summed E-state index contributed by atoms with van der Waals surface area (Å²) in [6, 6.07) is 5.12. The zero-order chi connectivity index (χ0) is 15.3. The topological polar surface area (TPSA) is 83.6 Å². The number of carboxylic acid groups (broad SMARTS) is 1. The van der Waals surface area contributed by atoms with E-state index in [1.807, 2.05) is 13.8 Å². The molecule has 6 heteroatoms. The van der Waals surface area contributed by atoms with Crippen LogP contribution in [0, 0.1) is 0 Å². The Morgan fingerprint density at radius 2 is 2.10 bits per heavy atom. The number of anilines is 1. The van der Waals surface area contributed by atoms with Crippen LogP contribution in [-0.2, 0) is 9.59 Å². The summed E-state index contributed by atoms with van der Waals surface area (Å²) in [5.74, 6) is -1.53. The van der Waals surface area contributed by atoms with Gasteiger partial charge in [0.25, 0.3) is 0 Å². The minimum absolute atomic E-state index is 0.00924.